The van der Waals surface area contributed by atoms with Gasteiger partial charge in [0.15, 0.2) is 0 Å². The highest BCUT2D eigenvalue weighted by Crippen LogP contribution is 2.23. The molecule has 0 aliphatic rings. The van der Waals surface area contributed by atoms with E-state index in [-0.39, 0.29) is 24.3 Å². The van der Waals surface area contributed by atoms with E-state index in [2.05, 4.69) is 5.32 Å². The highest BCUT2D eigenvalue weighted by Gasteiger charge is 2.23. The molecule has 0 saturated heterocycles. The maximum Gasteiger partial charge on any atom is 0.308 e. The average Bonchev–Trinajstić information content (AvgIpc) is 2.61. The van der Waals surface area contributed by atoms with Crippen molar-refractivity contribution in [3.63, 3.8) is 0 Å². The Labute approximate surface area is 148 Å². The summed E-state index contributed by atoms with van der Waals surface area (Å²) in [5.41, 5.74) is -0.0276. The summed E-state index contributed by atoms with van der Waals surface area (Å²) in [6.07, 6.45) is -0.241. The molecule has 136 valence electrons. The summed E-state index contributed by atoms with van der Waals surface area (Å²) in [7, 11) is 0. The first-order chi connectivity index (χ1) is 12.4. The van der Waals surface area contributed by atoms with Gasteiger partial charge in [0.25, 0.3) is 11.6 Å². The van der Waals surface area contributed by atoms with E-state index in [9.17, 15) is 24.1 Å². The molecular formula is C18H17FN2O5. The van der Waals surface area contributed by atoms with E-state index in [0.717, 1.165) is 6.07 Å². The Morgan fingerprint density at radius 3 is 2.62 bits per heavy atom. The molecule has 0 aromatic heterocycles. The van der Waals surface area contributed by atoms with Crippen molar-refractivity contribution in [2.24, 2.45) is 0 Å². The smallest absolute Gasteiger partial charge is 0.308 e. The van der Waals surface area contributed by atoms with E-state index < -0.39 is 28.7 Å². The number of esters is 1. The van der Waals surface area contributed by atoms with Crippen LogP contribution in [-0.4, -0.2) is 23.4 Å². The highest BCUT2D eigenvalue weighted by molar-refractivity contribution is 5.95. The van der Waals surface area contributed by atoms with Crippen LogP contribution >= 0.6 is 0 Å². The third-order valence-corrected chi connectivity index (χ3v) is 3.58. The maximum absolute atomic E-state index is 13.8. The topological polar surface area (TPSA) is 98.5 Å². The molecule has 0 aliphatic carbocycles. The average molecular weight is 360 g/mol. The zero-order valence-corrected chi connectivity index (χ0v) is 14.0. The summed E-state index contributed by atoms with van der Waals surface area (Å²) in [5.74, 6) is -2.03. The fraction of sp³-hybridized carbons (Fsp3) is 0.222. The number of rotatable bonds is 7. The van der Waals surface area contributed by atoms with Crippen LogP contribution in [0.4, 0.5) is 10.1 Å². The minimum atomic E-state index is -0.902. The fourth-order valence-electron chi connectivity index (χ4n) is 2.38. The van der Waals surface area contributed by atoms with Crippen molar-refractivity contribution >= 4 is 17.6 Å². The molecule has 1 atom stereocenters. The van der Waals surface area contributed by atoms with Crippen molar-refractivity contribution in [2.75, 3.05) is 6.61 Å². The lowest BCUT2D eigenvalue weighted by Gasteiger charge is -2.18. The lowest BCUT2D eigenvalue weighted by atomic mass is 10.0. The van der Waals surface area contributed by atoms with Crippen LogP contribution in [0.25, 0.3) is 0 Å². The quantitative estimate of drug-likeness (QED) is 0.465. The number of nitro benzene ring substituents is 1. The van der Waals surface area contributed by atoms with Crippen molar-refractivity contribution in [1.82, 2.24) is 5.32 Å². The molecule has 2 rings (SSSR count). The van der Waals surface area contributed by atoms with Crippen molar-refractivity contribution in [3.05, 3.63) is 75.6 Å². The molecule has 2 aromatic rings. The van der Waals surface area contributed by atoms with Crippen LogP contribution in [0.3, 0.4) is 0 Å². The third-order valence-electron chi connectivity index (χ3n) is 3.58. The van der Waals surface area contributed by atoms with Crippen molar-refractivity contribution in [2.45, 2.75) is 19.4 Å². The molecule has 0 saturated carbocycles. The lowest BCUT2D eigenvalue weighted by molar-refractivity contribution is -0.384. The summed E-state index contributed by atoms with van der Waals surface area (Å²) in [4.78, 5) is 34.6. The van der Waals surface area contributed by atoms with E-state index >= 15 is 0 Å². The normalized spacial score (nSPS) is 11.5. The largest absolute Gasteiger partial charge is 0.466 e. The van der Waals surface area contributed by atoms with Gasteiger partial charge in [-0.3, -0.25) is 19.7 Å². The number of ether oxygens (including phenoxy) is 1. The van der Waals surface area contributed by atoms with Crippen LogP contribution in [0, 0.1) is 15.9 Å². The summed E-state index contributed by atoms with van der Waals surface area (Å²) in [6.45, 7) is 1.79. The third kappa shape index (κ3) is 4.85. The van der Waals surface area contributed by atoms with Crippen LogP contribution in [-0.2, 0) is 9.53 Å². The monoisotopic (exact) mass is 360 g/mol. The van der Waals surface area contributed by atoms with Gasteiger partial charge in [-0.05, 0) is 24.6 Å². The van der Waals surface area contributed by atoms with Gasteiger partial charge >= 0.3 is 5.97 Å². The van der Waals surface area contributed by atoms with Crippen LogP contribution in [0.5, 0.6) is 0 Å². The van der Waals surface area contributed by atoms with Gasteiger partial charge in [0.05, 0.1) is 29.6 Å². The van der Waals surface area contributed by atoms with E-state index in [0.29, 0.717) is 5.56 Å². The molecule has 0 unspecified atom stereocenters. The van der Waals surface area contributed by atoms with E-state index in [1.165, 1.54) is 36.4 Å². The Morgan fingerprint density at radius 2 is 1.96 bits per heavy atom. The molecular weight excluding hydrogens is 343 g/mol. The molecule has 0 radical (unpaired) electrons. The van der Waals surface area contributed by atoms with Crippen molar-refractivity contribution < 1.29 is 23.6 Å². The Bertz CT molecular complexity index is 825. The number of hydrogen-bond donors (Lipinski definition) is 1. The van der Waals surface area contributed by atoms with Gasteiger partial charge in [-0.2, -0.15) is 0 Å². The number of non-ortho nitro benzene ring substituents is 1. The highest BCUT2D eigenvalue weighted by atomic mass is 19.1. The van der Waals surface area contributed by atoms with Crippen LogP contribution in [0.1, 0.15) is 35.3 Å². The second kappa shape index (κ2) is 8.70. The van der Waals surface area contributed by atoms with Crippen LogP contribution in [0.2, 0.25) is 0 Å². The number of carbonyl (C=O) groups is 2. The van der Waals surface area contributed by atoms with E-state index in [4.69, 9.17) is 4.74 Å². The summed E-state index contributed by atoms with van der Waals surface area (Å²) in [5, 5.41) is 13.5. The minimum absolute atomic E-state index is 0.155. The Kier molecular flexibility index (Phi) is 6.37. The zero-order chi connectivity index (χ0) is 19.1. The predicted octanol–water partition coefficient (Wildman–Crippen LogP) is 3.16. The molecule has 0 aliphatic heterocycles. The number of halogens is 1. The van der Waals surface area contributed by atoms with Crippen molar-refractivity contribution in [3.8, 4) is 0 Å². The molecule has 8 heteroatoms. The van der Waals surface area contributed by atoms with E-state index in [1.807, 2.05) is 0 Å². The zero-order valence-electron chi connectivity index (χ0n) is 14.0. The number of nitrogens with zero attached hydrogens (tertiary/aromatic N) is 1. The Morgan fingerprint density at radius 1 is 1.23 bits per heavy atom. The summed E-state index contributed by atoms with van der Waals surface area (Å²) >= 11 is 0. The van der Waals surface area contributed by atoms with Crippen LogP contribution in [0.15, 0.2) is 48.5 Å². The predicted molar refractivity (Wildman–Crippen MR) is 91.0 cm³/mol. The SMILES string of the molecule is CCOC(=O)C[C@@H](NC(=O)c1ccccc1F)c1cccc([N+](=O)[O-])c1. The standard InChI is InChI=1S/C18H17FN2O5/c1-2-26-17(22)11-16(12-6-5-7-13(10-12)21(24)25)20-18(23)14-8-3-4-9-15(14)19/h3-10,16H,2,11H2,1H3,(H,20,23)/t16-/m1/s1. The van der Waals surface area contributed by atoms with Crippen LogP contribution < -0.4 is 5.32 Å². The van der Waals surface area contributed by atoms with Gasteiger partial charge in [-0.15, -0.1) is 0 Å². The van der Waals surface area contributed by atoms with Gasteiger partial charge in [-0.25, -0.2) is 4.39 Å². The number of carbonyl (C=O) groups excluding carboxylic acids is 2. The summed E-state index contributed by atoms with van der Waals surface area (Å²) in [6, 6.07) is 10.0. The fourth-order valence-corrected chi connectivity index (χ4v) is 2.38. The molecule has 0 spiro atoms. The second-order valence-electron chi connectivity index (χ2n) is 5.37. The molecule has 0 heterocycles. The van der Waals surface area contributed by atoms with Gasteiger partial charge in [0, 0.05) is 12.1 Å². The number of amides is 1. The molecule has 2 aromatic carbocycles. The first kappa shape index (κ1) is 19.0. The number of nitrogens with one attached hydrogen (secondary N) is 1. The molecule has 0 fully saturated rings. The minimum Gasteiger partial charge on any atom is -0.466 e. The molecule has 1 N–H and O–H groups in total. The lowest BCUT2D eigenvalue weighted by Crippen LogP contribution is -2.31. The molecule has 1 amide bonds. The van der Waals surface area contributed by atoms with Gasteiger partial charge in [0.1, 0.15) is 5.82 Å². The molecule has 7 nitrogen and oxygen atoms in total. The number of nitro groups is 1. The number of benzene rings is 2. The van der Waals surface area contributed by atoms with Gasteiger partial charge in [0.2, 0.25) is 0 Å². The maximum atomic E-state index is 13.8. The molecule has 0 bridgehead atoms. The Hall–Kier alpha value is -3.29. The van der Waals surface area contributed by atoms with Gasteiger partial charge < -0.3 is 10.1 Å². The van der Waals surface area contributed by atoms with Crippen molar-refractivity contribution in [1.29, 1.82) is 0 Å². The number of hydrogen-bond acceptors (Lipinski definition) is 5. The first-order valence-electron chi connectivity index (χ1n) is 7.87. The van der Waals surface area contributed by atoms with Gasteiger partial charge in [-0.1, -0.05) is 24.3 Å². The summed E-state index contributed by atoms with van der Waals surface area (Å²) < 4.78 is 18.7. The molecule has 26 heavy (non-hydrogen) atoms. The second-order valence-corrected chi connectivity index (χ2v) is 5.37. The Balaban J connectivity index is 2.30. The first-order valence-corrected chi connectivity index (χ1v) is 7.87. The van der Waals surface area contributed by atoms with E-state index in [1.54, 1.807) is 13.0 Å².